The smallest absolute Gasteiger partial charge is 0.220 e. The molecule has 1 aliphatic carbocycles. The number of carbonyl (C=O) groups is 1. The highest BCUT2D eigenvalue weighted by Gasteiger charge is 2.24. The molecule has 4 heteroatoms. The fourth-order valence-electron chi connectivity index (χ4n) is 2.48. The lowest BCUT2D eigenvalue weighted by Gasteiger charge is -2.28. The zero-order valence-corrected chi connectivity index (χ0v) is 11.5. The lowest BCUT2D eigenvalue weighted by atomic mass is 9.85. The second kappa shape index (κ2) is 7.22. The van der Waals surface area contributed by atoms with Crippen molar-refractivity contribution in [1.82, 2.24) is 10.6 Å². The SMILES string of the molecule is CC(CC(=O)NCC1CC1)C1CCCNC1.Cl. The van der Waals surface area contributed by atoms with Gasteiger partial charge in [0.05, 0.1) is 0 Å². The quantitative estimate of drug-likeness (QED) is 0.794. The highest BCUT2D eigenvalue weighted by Crippen LogP contribution is 2.28. The number of hydrogen-bond acceptors (Lipinski definition) is 2. The highest BCUT2D eigenvalue weighted by atomic mass is 35.5. The van der Waals surface area contributed by atoms with Crippen LogP contribution in [0, 0.1) is 17.8 Å². The van der Waals surface area contributed by atoms with E-state index in [1.807, 2.05) is 0 Å². The largest absolute Gasteiger partial charge is 0.356 e. The van der Waals surface area contributed by atoms with E-state index >= 15 is 0 Å². The molecule has 2 unspecified atom stereocenters. The van der Waals surface area contributed by atoms with Gasteiger partial charge < -0.3 is 10.6 Å². The van der Waals surface area contributed by atoms with Crippen molar-refractivity contribution in [1.29, 1.82) is 0 Å². The maximum Gasteiger partial charge on any atom is 0.220 e. The molecular formula is C13H25ClN2O. The number of piperidine rings is 1. The topological polar surface area (TPSA) is 41.1 Å². The molecule has 0 aromatic heterocycles. The van der Waals surface area contributed by atoms with Gasteiger partial charge in [-0.15, -0.1) is 12.4 Å². The first-order chi connectivity index (χ1) is 7.75. The van der Waals surface area contributed by atoms with Gasteiger partial charge in [0.15, 0.2) is 0 Å². The second-order valence-electron chi connectivity index (χ2n) is 5.54. The first-order valence-corrected chi connectivity index (χ1v) is 6.73. The summed E-state index contributed by atoms with van der Waals surface area (Å²) in [5.74, 6) is 2.26. The third-order valence-corrected chi connectivity index (χ3v) is 3.93. The van der Waals surface area contributed by atoms with E-state index in [0.717, 1.165) is 25.6 Å². The van der Waals surface area contributed by atoms with Crippen LogP contribution in [-0.2, 0) is 4.79 Å². The molecule has 2 rings (SSSR count). The zero-order valence-electron chi connectivity index (χ0n) is 10.7. The summed E-state index contributed by atoms with van der Waals surface area (Å²) in [5.41, 5.74) is 0. The molecule has 1 amide bonds. The summed E-state index contributed by atoms with van der Waals surface area (Å²) in [5, 5.41) is 6.47. The summed E-state index contributed by atoms with van der Waals surface area (Å²) in [6.45, 7) is 5.37. The van der Waals surface area contributed by atoms with Crippen LogP contribution in [-0.4, -0.2) is 25.5 Å². The lowest BCUT2D eigenvalue weighted by molar-refractivity contribution is -0.122. The molecule has 3 nitrogen and oxygen atoms in total. The molecule has 2 atom stereocenters. The van der Waals surface area contributed by atoms with Crippen molar-refractivity contribution < 1.29 is 4.79 Å². The van der Waals surface area contributed by atoms with Gasteiger partial charge in [-0.2, -0.15) is 0 Å². The van der Waals surface area contributed by atoms with Crippen molar-refractivity contribution in [3.63, 3.8) is 0 Å². The van der Waals surface area contributed by atoms with Gasteiger partial charge in [0.2, 0.25) is 5.91 Å². The molecule has 0 aromatic carbocycles. The molecule has 0 radical (unpaired) electrons. The van der Waals surface area contributed by atoms with Crippen molar-refractivity contribution in [3.05, 3.63) is 0 Å². The third kappa shape index (κ3) is 5.26. The van der Waals surface area contributed by atoms with Crippen molar-refractivity contribution in [2.45, 2.75) is 39.0 Å². The van der Waals surface area contributed by atoms with Crippen molar-refractivity contribution in [2.75, 3.05) is 19.6 Å². The van der Waals surface area contributed by atoms with Gasteiger partial charge in [0, 0.05) is 13.0 Å². The van der Waals surface area contributed by atoms with E-state index in [4.69, 9.17) is 0 Å². The molecule has 2 fully saturated rings. The third-order valence-electron chi connectivity index (χ3n) is 3.93. The average Bonchev–Trinajstić information content (AvgIpc) is 3.11. The Morgan fingerprint density at radius 3 is 2.76 bits per heavy atom. The van der Waals surface area contributed by atoms with Crippen molar-refractivity contribution >= 4 is 18.3 Å². The lowest BCUT2D eigenvalue weighted by Crippen LogP contribution is -2.35. The summed E-state index contributed by atoms with van der Waals surface area (Å²) in [6, 6.07) is 0. The molecule has 1 saturated heterocycles. The van der Waals surface area contributed by atoms with E-state index in [1.165, 1.54) is 25.7 Å². The fraction of sp³-hybridized carbons (Fsp3) is 0.923. The Morgan fingerprint density at radius 1 is 1.41 bits per heavy atom. The number of amides is 1. The van der Waals surface area contributed by atoms with E-state index < -0.39 is 0 Å². The Labute approximate surface area is 111 Å². The molecule has 100 valence electrons. The van der Waals surface area contributed by atoms with Gasteiger partial charge in [0.1, 0.15) is 0 Å². The van der Waals surface area contributed by atoms with Crippen LogP contribution in [0.2, 0.25) is 0 Å². The van der Waals surface area contributed by atoms with Crippen LogP contribution >= 0.6 is 12.4 Å². The summed E-state index contributed by atoms with van der Waals surface area (Å²) in [6.07, 6.45) is 5.87. The Morgan fingerprint density at radius 2 is 2.18 bits per heavy atom. The molecular weight excluding hydrogens is 236 g/mol. The first kappa shape index (κ1) is 14.8. The number of rotatable bonds is 5. The Balaban J connectivity index is 0.00000144. The molecule has 0 bridgehead atoms. The molecule has 17 heavy (non-hydrogen) atoms. The Kier molecular flexibility index (Phi) is 6.28. The standard InChI is InChI=1S/C13H24N2O.ClH/c1-10(12-3-2-6-14-9-12)7-13(16)15-8-11-4-5-11;/h10-12,14H,2-9H2,1H3,(H,15,16);1H. The molecule has 1 saturated carbocycles. The molecule has 1 aliphatic heterocycles. The molecule has 2 N–H and O–H groups in total. The number of halogens is 1. The maximum absolute atomic E-state index is 11.7. The molecule has 0 aromatic rings. The molecule has 0 spiro atoms. The summed E-state index contributed by atoms with van der Waals surface area (Å²) in [7, 11) is 0. The van der Waals surface area contributed by atoms with Gasteiger partial charge >= 0.3 is 0 Å². The summed E-state index contributed by atoms with van der Waals surface area (Å²) in [4.78, 5) is 11.7. The fourth-order valence-corrected chi connectivity index (χ4v) is 2.48. The highest BCUT2D eigenvalue weighted by molar-refractivity contribution is 5.85. The van der Waals surface area contributed by atoms with Crippen molar-refractivity contribution in [3.8, 4) is 0 Å². The van der Waals surface area contributed by atoms with Crippen LogP contribution in [0.5, 0.6) is 0 Å². The normalized spacial score (nSPS) is 25.8. The number of hydrogen-bond donors (Lipinski definition) is 2. The summed E-state index contributed by atoms with van der Waals surface area (Å²) < 4.78 is 0. The van der Waals surface area contributed by atoms with Crippen LogP contribution in [0.25, 0.3) is 0 Å². The minimum atomic E-state index is 0. The minimum absolute atomic E-state index is 0. The van der Waals surface area contributed by atoms with Gasteiger partial charge in [-0.25, -0.2) is 0 Å². The predicted octanol–water partition coefficient (Wildman–Crippen LogP) is 1.96. The Bertz CT molecular complexity index is 238. The van der Waals surface area contributed by atoms with E-state index in [2.05, 4.69) is 17.6 Å². The second-order valence-corrected chi connectivity index (χ2v) is 5.54. The van der Waals surface area contributed by atoms with Crippen LogP contribution in [0.1, 0.15) is 39.0 Å². The minimum Gasteiger partial charge on any atom is -0.356 e. The van der Waals surface area contributed by atoms with Crippen LogP contribution < -0.4 is 10.6 Å². The average molecular weight is 261 g/mol. The van der Waals surface area contributed by atoms with E-state index in [9.17, 15) is 4.79 Å². The van der Waals surface area contributed by atoms with Gasteiger partial charge in [-0.1, -0.05) is 6.92 Å². The van der Waals surface area contributed by atoms with Crippen LogP contribution in [0.3, 0.4) is 0 Å². The number of carbonyl (C=O) groups excluding carboxylic acids is 1. The molecule has 1 heterocycles. The summed E-state index contributed by atoms with van der Waals surface area (Å²) >= 11 is 0. The number of nitrogens with one attached hydrogen (secondary N) is 2. The monoisotopic (exact) mass is 260 g/mol. The predicted molar refractivity (Wildman–Crippen MR) is 72.4 cm³/mol. The van der Waals surface area contributed by atoms with E-state index in [-0.39, 0.29) is 18.3 Å². The van der Waals surface area contributed by atoms with Crippen molar-refractivity contribution in [2.24, 2.45) is 17.8 Å². The van der Waals surface area contributed by atoms with Crippen LogP contribution in [0.15, 0.2) is 0 Å². The maximum atomic E-state index is 11.7. The zero-order chi connectivity index (χ0) is 11.4. The van der Waals surface area contributed by atoms with Gasteiger partial charge in [0.25, 0.3) is 0 Å². The Hall–Kier alpha value is -0.280. The van der Waals surface area contributed by atoms with E-state index in [1.54, 1.807) is 0 Å². The van der Waals surface area contributed by atoms with Gasteiger partial charge in [-0.3, -0.25) is 4.79 Å². The van der Waals surface area contributed by atoms with Crippen LogP contribution in [0.4, 0.5) is 0 Å². The van der Waals surface area contributed by atoms with E-state index in [0.29, 0.717) is 18.3 Å². The first-order valence-electron chi connectivity index (χ1n) is 6.73. The van der Waals surface area contributed by atoms with Gasteiger partial charge in [-0.05, 0) is 56.5 Å². The molecule has 2 aliphatic rings.